The topological polar surface area (TPSA) is 44.7 Å². The van der Waals surface area contributed by atoms with E-state index in [1.807, 2.05) is 19.9 Å². The van der Waals surface area contributed by atoms with Crippen LogP contribution < -0.4 is 10.1 Å². The minimum atomic E-state index is -0.581. The number of β-amino-alcohol motifs (C(OH)–C–C–N with tert-alkyl or cyclic N) is 1. The van der Waals surface area contributed by atoms with Gasteiger partial charge in [0.15, 0.2) is 0 Å². The SMILES string of the molecule is CCCOc1c(C)cc(Cl)c(C)c1C(O)CN1CCNCC1. The standard InChI is InChI=1S/C17H27ClN2O2/c1-4-9-22-17-12(2)10-14(18)13(3)16(17)15(21)11-20-7-5-19-6-8-20/h10,15,19,21H,4-9,11H2,1-3H3. The monoisotopic (exact) mass is 326 g/mol. The summed E-state index contributed by atoms with van der Waals surface area (Å²) in [7, 11) is 0. The van der Waals surface area contributed by atoms with Crippen molar-refractivity contribution in [2.75, 3.05) is 39.3 Å². The maximum absolute atomic E-state index is 10.8. The van der Waals surface area contributed by atoms with Crippen molar-refractivity contribution >= 4 is 11.6 Å². The summed E-state index contributed by atoms with van der Waals surface area (Å²) in [6, 6.07) is 1.92. The zero-order chi connectivity index (χ0) is 16.1. The van der Waals surface area contributed by atoms with E-state index in [1.165, 1.54) is 0 Å². The van der Waals surface area contributed by atoms with Gasteiger partial charge in [0.25, 0.3) is 0 Å². The fraction of sp³-hybridized carbons (Fsp3) is 0.647. The van der Waals surface area contributed by atoms with Gasteiger partial charge in [-0.25, -0.2) is 0 Å². The van der Waals surface area contributed by atoms with Crippen LogP contribution >= 0.6 is 11.6 Å². The average Bonchev–Trinajstić information content (AvgIpc) is 2.50. The Morgan fingerprint density at radius 3 is 2.68 bits per heavy atom. The van der Waals surface area contributed by atoms with Gasteiger partial charge in [-0.3, -0.25) is 4.90 Å². The van der Waals surface area contributed by atoms with E-state index in [9.17, 15) is 5.11 Å². The molecule has 1 aliphatic heterocycles. The number of nitrogens with zero attached hydrogens (tertiary/aromatic N) is 1. The van der Waals surface area contributed by atoms with E-state index >= 15 is 0 Å². The van der Waals surface area contributed by atoms with Crippen LogP contribution in [0.1, 0.15) is 36.1 Å². The Kier molecular flexibility index (Phi) is 6.50. The lowest BCUT2D eigenvalue weighted by Crippen LogP contribution is -2.45. The Morgan fingerprint density at radius 2 is 2.05 bits per heavy atom. The molecular weight excluding hydrogens is 300 g/mol. The molecule has 1 aromatic carbocycles. The maximum Gasteiger partial charge on any atom is 0.128 e. The Morgan fingerprint density at radius 1 is 1.36 bits per heavy atom. The predicted octanol–water partition coefficient (Wildman–Crippen LogP) is 2.68. The molecule has 124 valence electrons. The molecule has 0 saturated carbocycles. The largest absolute Gasteiger partial charge is 0.493 e. The molecule has 2 rings (SSSR count). The van der Waals surface area contributed by atoms with Crippen LogP contribution in [-0.2, 0) is 0 Å². The molecule has 1 fully saturated rings. The fourth-order valence-electron chi connectivity index (χ4n) is 2.90. The number of aliphatic hydroxyl groups excluding tert-OH is 1. The van der Waals surface area contributed by atoms with Gasteiger partial charge in [-0.15, -0.1) is 0 Å². The summed E-state index contributed by atoms with van der Waals surface area (Å²) in [5, 5.41) is 14.8. The van der Waals surface area contributed by atoms with Crippen LogP contribution in [0.3, 0.4) is 0 Å². The number of benzene rings is 1. The molecule has 0 radical (unpaired) electrons. The molecular formula is C17H27ClN2O2. The van der Waals surface area contributed by atoms with Crippen molar-refractivity contribution in [1.29, 1.82) is 0 Å². The first-order chi connectivity index (χ1) is 10.5. The number of nitrogens with one attached hydrogen (secondary N) is 1. The lowest BCUT2D eigenvalue weighted by atomic mass is 9.98. The highest BCUT2D eigenvalue weighted by Crippen LogP contribution is 2.36. The second-order valence-electron chi connectivity index (χ2n) is 5.96. The number of hydrogen-bond donors (Lipinski definition) is 2. The molecule has 2 N–H and O–H groups in total. The number of rotatable bonds is 6. The van der Waals surface area contributed by atoms with Gasteiger partial charge in [0.05, 0.1) is 12.7 Å². The maximum atomic E-state index is 10.8. The summed E-state index contributed by atoms with van der Waals surface area (Å²) >= 11 is 6.32. The Hall–Kier alpha value is -0.810. The van der Waals surface area contributed by atoms with Crippen LogP contribution in [0, 0.1) is 13.8 Å². The number of ether oxygens (including phenoxy) is 1. The second-order valence-corrected chi connectivity index (χ2v) is 6.37. The molecule has 1 heterocycles. The molecule has 1 aromatic rings. The summed E-state index contributed by atoms with van der Waals surface area (Å²) in [5.74, 6) is 0.798. The van der Waals surface area contributed by atoms with E-state index in [0.29, 0.717) is 18.2 Å². The van der Waals surface area contributed by atoms with Crippen molar-refractivity contribution in [2.45, 2.75) is 33.3 Å². The third kappa shape index (κ3) is 4.13. The van der Waals surface area contributed by atoms with Gasteiger partial charge in [0, 0.05) is 43.3 Å². The molecule has 0 spiro atoms. The van der Waals surface area contributed by atoms with Gasteiger partial charge >= 0.3 is 0 Å². The quantitative estimate of drug-likeness (QED) is 0.843. The highest BCUT2D eigenvalue weighted by Gasteiger charge is 2.23. The van der Waals surface area contributed by atoms with Crippen LogP contribution in [0.2, 0.25) is 5.02 Å². The van der Waals surface area contributed by atoms with Crippen molar-refractivity contribution in [1.82, 2.24) is 10.2 Å². The number of aryl methyl sites for hydroxylation is 1. The Balaban J connectivity index is 2.25. The highest BCUT2D eigenvalue weighted by atomic mass is 35.5. The van der Waals surface area contributed by atoms with Gasteiger partial charge in [0.1, 0.15) is 5.75 Å². The van der Waals surface area contributed by atoms with E-state index < -0.39 is 6.10 Å². The molecule has 0 amide bonds. The smallest absolute Gasteiger partial charge is 0.128 e. The summed E-state index contributed by atoms with van der Waals surface area (Å²) in [6.07, 6.45) is 0.358. The average molecular weight is 327 g/mol. The number of halogens is 1. The highest BCUT2D eigenvalue weighted by molar-refractivity contribution is 6.31. The summed E-state index contributed by atoms with van der Waals surface area (Å²) in [6.45, 7) is 11.1. The third-order valence-corrected chi connectivity index (χ3v) is 4.53. The fourth-order valence-corrected chi connectivity index (χ4v) is 3.17. The molecule has 5 heteroatoms. The van der Waals surface area contributed by atoms with Crippen molar-refractivity contribution in [3.63, 3.8) is 0 Å². The van der Waals surface area contributed by atoms with Gasteiger partial charge in [-0.2, -0.15) is 0 Å². The van der Waals surface area contributed by atoms with E-state index in [1.54, 1.807) is 0 Å². The zero-order valence-corrected chi connectivity index (χ0v) is 14.5. The first kappa shape index (κ1) is 17.5. The van der Waals surface area contributed by atoms with E-state index in [4.69, 9.17) is 16.3 Å². The summed E-state index contributed by atoms with van der Waals surface area (Å²) < 4.78 is 5.91. The Labute approximate surface area is 138 Å². The van der Waals surface area contributed by atoms with Crippen LogP contribution in [0.25, 0.3) is 0 Å². The normalized spacial score (nSPS) is 17.5. The zero-order valence-electron chi connectivity index (χ0n) is 13.8. The summed E-state index contributed by atoms with van der Waals surface area (Å²) in [5.41, 5.74) is 2.75. The van der Waals surface area contributed by atoms with E-state index in [-0.39, 0.29) is 0 Å². The number of aliphatic hydroxyl groups is 1. The molecule has 1 unspecified atom stereocenters. The lowest BCUT2D eigenvalue weighted by molar-refractivity contribution is 0.102. The minimum absolute atomic E-state index is 0.581. The van der Waals surface area contributed by atoms with Crippen molar-refractivity contribution in [3.05, 3.63) is 27.8 Å². The van der Waals surface area contributed by atoms with Gasteiger partial charge in [-0.05, 0) is 37.5 Å². The first-order valence-corrected chi connectivity index (χ1v) is 8.46. The molecule has 22 heavy (non-hydrogen) atoms. The van der Waals surface area contributed by atoms with Crippen LogP contribution in [0.4, 0.5) is 0 Å². The molecule has 4 nitrogen and oxygen atoms in total. The Bertz CT molecular complexity index is 502. The minimum Gasteiger partial charge on any atom is -0.493 e. The van der Waals surface area contributed by atoms with E-state index in [2.05, 4.69) is 17.1 Å². The second kappa shape index (κ2) is 8.16. The van der Waals surface area contributed by atoms with Crippen LogP contribution in [-0.4, -0.2) is 49.3 Å². The van der Waals surface area contributed by atoms with Gasteiger partial charge < -0.3 is 15.2 Å². The molecule has 1 saturated heterocycles. The van der Waals surface area contributed by atoms with Crippen molar-refractivity contribution in [2.24, 2.45) is 0 Å². The number of piperazine rings is 1. The molecule has 0 bridgehead atoms. The molecule has 1 atom stereocenters. The van der Waals surface area contributed by atoms with Crippen LogP contribution in [0.5, 0.6) is 5.75 Å². The third-order valence-electron chi connectivity index (χ3n) is 4.13. The van der Waals surface area contributed by atoms with Gasteiger partial charge in [-0.1, -0.05) is 18.5 Å². The molecule has 1 aliphatic rings. The van der Waals surface area contributed by atoms with E-state index in [0.717, 1.165) is 55.0 Å². The van der Waals surface area contributed by atoms with Crippen molar-refractivity contribution < 1.29 is 9.84 Å². The van der Waals surface area contributed by atoms with Crippen molar-refractivity contribution in [3.8, 4) is 5.75 Å². The predicted molar refractivity (Wildman–Crippen MR) is 91.0 cm³/mol. The molecule has 0 aromatic heterocycles. The van der Waals surface area contributed by atoms with Gasteiger partial charge in [0.2, 0.25) is 0 Å². The number of hydrogen-bond acceptors (Lipinski definition) is 4. The summed E-state index contributed by atoms with van der Waals surface area (Å²) in [4.78, 5) is 2.28. The molecule has 0 aliphatic carbocycles. The lowest BCUT2D eigenvalue weighted by Gasteiger charge is -2.30. The van der Waals surface area contributed by atoms with Crippen LogP contribution in [0.15, 0.2) is 6.07 Å². The first-order valence-electron chi connectivity index (χ1n) is 8.08.